The summed E-state index contributed by atoms with van der Waals surface area (Å²) in [7, 11) is 0. The first kappa shape index (κ1) is 18.4. The summed E-state index contributed by atoms with van der Waals surface area (Å²) >= 11 is 0. The molecule has 0 spiro atoms. The number of H-pyrrole nitrogens is 1. The largest absolute Gasteiger partial charge is 0.489 e. The quantitative estimate of drug-likeness (QED) is 0.670. The van der Waals surface area contributed by atoms with Gasteiger partial charge in [-0.25, -0.2) is 9.18 Å². The Morgan fingerprint density at radius 2 is 2.28 bits per heavy atom. The normalized spacial score (nSPS) is 14.9. The fraction of sp³-hybridized carbons (Fsp3) is 0.211. The summed E-state index contributed by atoms with van der Waals surface area (Å²) < 4.78 is 20.0. The van der Waals surface area contributed by atoms with E-state index >= 15 is 0 Å². The average molecular weight is 395 g/mol. The van der Waals surface area contributed by atoms with Crippen LogP contribution in [-0.4, -0.2) is 27.0 Å². The van der Waals surface area contributed by atoms with Gasteiger partial charge >= 0.3 is 5.69 Å². The zero-order valence-corrected chi connectivity index (χ0v) is 15.2. The number of pyridine rings is 1. The van der Waals surface area contributed by atoms with Gasteiger partial charge in [0, 0.05) is 12.3 Å². The molecule has 0 bridgehead atoms. The maximum Gasteiger partial charge on any atom is 0.329 e. The van der Waals surface area contributed by atoms with Crippen LogP contribution in [0.5, 0.6) is 5.75 Å². The first-order valence-corrected chi connectivity index (χ1v) is 8.63. The van der Waals surface area contributed by atoms with Crippen LogP contribution in [0.4, 0.5) is 4.39 Å². The summed E-state index contributed by atoms with van der Waals surface area (Å²) in [5, 5.41) is 11.6. The number of hydrogen-bond donors (Lipinski definition) is 2. The molecule has 29 heavy (non-hydrogen) atoms. The van der Waals surface area contributed by atoms with Crippen molar-refractivity contribution in [2.75, 3.05) is 6.61 Å². The van der Waals surface area contributed by atoms with Crippen molar-refractivity contribution in [1.29, 1.82) is 5.26 Å². The third-order valence-electron chi connectivity index (χ3n) is 4.73. The number of nitrogens with zero attached hydrogens (tertiary/aromatic N) is 3. The van der Waals surface area contributed by atoms with Crippen LogP contribution < -0.4 is 21.3 Å². The minimum atomic E-state index is -0.775. The molecule has 10 heteroatoms. The number of halogens is 1. The van der Waals surface area contributed by atoms with Crippen molar-refractivity contribution < 1.29 is 13.9 Å². The van der Waals surface area contributed by atoms with Crippen molar-refractivity contribution in [2.24, 2.45) is 0 Å². The predicted molar refractivity (Wildman–Crippen MR) is 98.9 cm³/mol. The zero-order valence-electron chi connectivity index (χ0n) is 15.2. The number of rotatable bonds is 3. The SMILES string of the molecule is Cc1c(F)ccc2[nH]c(=O)n(CC(=O)N[C@@H]3COc4cc(C#N)cnc43)c(=O)c12. The number of nitrogens with one attached hydrogen (secondary N) is 2. The predicted octanol–water partition coefficient (Wildman–Crippen LogP) is 0.654. The highest BCUT2D eigenvalue weighted by molar-refractivity contribution is 5.82. The fourth-order valence-corrected chi connectivity index (χ4v) is 3.26. The summed E-state index contributed by atoms with van der Waals surface area (Å²) in [6.07, 6.45) is 1.36. The van der Waals surface area contributed by atoms with Crippen LogP contribution in [0.1, 0.15) is 22.9 Å². The van der Waals surface area contributed by atoms with Gasteiger partial charge in [-0.1, -0.05) is 0 Å². The van der Waals surface area contributed by atoms with Gasteiger partial charge in [0.1, 0.15) is 42.5 Å². The number of aromatic nitrogens is 3. The highest BCUT2D eigenvalue weighted by Gasteiger charge is 2.28. The third-order valence-corrected chi connectivity index (χ3v) is 4.73. The first-order chi connectivity index (χ1) is 13.9. The molecule has 3 aromatic rings. The number of amides is 1. The van der Waals surface area contributed by atoms with Crippen molar-refractivity contribution >= 4 is 16.8 Å². The van der Waals surface area contributed by atoms with Gasteiger partial charge in [0.25, 0.3) is 5.56 Å². The molecule has 0 saturated heterocycles. The van der Waals surface area contributed by atoms with Gasteiger partial charge < -0.3 is 15.0 Å². The van der Waals surface area contributed by atoms with E-state index in [0.29, 0.717) is 21.6 Å². The number of fused-ring (bicyclic) bond motifs is 2. The molecule has 1 aliphatic rings. The molecule has 0 aliphatic carbocycles. The maximum absolute atomic E-state index is 13.8. The van der Waals surface area contributed by atoms with Crippen LogP contribution in [-0.2, 0) is 11.3 Å². The van der Waals surface area contributed by atoms with E-state index in [2.05, 4.69) is 15.3 Å². The number of benzene rings is 1. The molecule has 0 saturated carbocycles. The Labute approximate surface area is 162 Å². The van der Waals surface area contributed by atoms with Gasteiger partial charge in [-0.05, 0) is 24.6 Å². The fourth-order valence-electron chi connectivity index (χ4n) is 3.26. The van der Waals surface area contributed by atoms with Crippen LogP contribution in [0, 0.1) is 24.1 Å². The second kappa shape index (κ2) is 6.87. The minimum Gasteiger partial charge on any atom is -0.489 e. The second-order valence-electron chi connectivity index (χ2n) is 6.57. The summed E-state index contributed by atoms with van der Waals surface area (Å²) in [6, 6.07) is 5.35. The maximum atomic E-state index is 13.8. The summed E-state index contributed by atoms with van der Waals surface area (Å²) in [5.74, 6) is -0.806. The van der Waals surface area contributed by atoms with Gasteiger partial charge in [-0.3, -0.25) is 19.1 Å². The van der Waals surface area contributed by atoms with Crippen molar-refractivity contribution in [3.63, 3.8) is 0 Å². The Kier molecular flexibility index (Phi) is 4.35. The number of carbonyl (C=O) groups excluding carboxylic acids is 1. The second-order valence-corrected chi connectivity index (χ2v) is 6.57. The van der Waals surface area contributed by atoms with E-state index in [4.69, 9.17) is 10.00 Å². The number of hydrogen-bond acceptors (Lipinski definition) is 6. The lowest BCUT2D eigenvalue weighted by Gasteiger charge is -2.12. The van der Waals surface area contributed by atoms with E-state index in [9.17, 15) is 18.8 Å². The first-order valence-electron chi connectivity index (χ1n) is 8.63. The highest BCUT2D eigenvalue weighted by Crippen LogP contribution is 2.30. The molecule has 0 fully saturated rings. The number of ether oxygens (including phenoxy) is 1. The molecule has 1 amide bonds. The molecule has 2 aromatic heterocycles. The van der Waals surface area contributed by atoms with Crippen LogP contribution in [0.25, 0.3) is 10.9 Å². The molecular weight excluding hydrogens is 381 g/mol. The number of aryl methyl sites for hydroxylation is 1. The Morgan fingerprint density at radius 1 is 1.48 bits per heavy atom. The summed E-state index contributed by atoms with van der Waals surface area (Å²) in [5.41, 5.74) is -0.457. The molecule has 3 heterocycles. The smallest absolute Gasteiger partial charge is 0.329 e. The van der Waals surface area contributed by atoms with E-state index in [1.165, 1.54) is 25.3 Å². The Bertz CT molecular complexity index is 1320. The van der Waals surface area contributed by atoms with Gasteiger partial charge in [-0.15, -0.1) is 0 Å². The molecule has 0 radical (unpaired) electrons. The van der Waals surface area contributed by atoms with Crippen molar-refractivity contribution in [3.8, 4) is 11.8 Å². The lowest BCUT2D eigenvalue weighted by atomic mass is 10.1. The Morgan fingerprint density at radius 3 is 3.03 bits per heavy atom. The molecule has 0 unspecified atom stereocenters. The van der Waals surface area contributed by atoms with Gasteiger partial charge in [0.2, 0.25) is 5.91 Å². The number of carbonyl (C=O) groups is 1. The third kappa shape index (κ3) is 3.12. The van der Waals surface area contributed by atoms with Crippen LogP contribution in [0.3, 0.4) is 0 Å². The topological polar surface area (TPSA) is 130 Å². The Balaban J connectivity index is 1.61. The zero-order chi connectivity index (χ0) is 20.7. The van der Waals surface area contributed by atoms with E-state index < -0.39 is 35.6 Å². The standard InChI is InChI=1S/C19H14FN5O4/c1-9-11(20)2-3-12-16(9)18(27)25(19(28)24-12)7-15(26)23-13-8-29-14-4-10(5-21)6-22-17(13)14/h2-4,6,13H,7-8H2,1H3,(H,23,26)(H,24,28)/t13-/m1/s1. The summed E-state index contributed by atoms with van der Waals surface area (Å²) in [4.78, 5) is 44.0. The Hall–Kier alpha value is -4.00. The summed E-state index contributed by atoms with van der Waals surface area (Å²) in [6.45, 7) is 0.980. The molecule has 2 N–H and O–H groups in total. The lowest BCUT2D eigenvalue weighted by molar-refractivity contribution is -0.122. The molecule has 9 nitrogen and oxygen atoms in total. The van der Waals surface area contributed by atoms with Crippen molar-refractivity contribution in [2.45, 2.75) is 19.5 Å². The van der Waals surface area contributed by atoms with Crippen molar-refractivity contribution in [3.05, 3.63) is 67.9 Å². The molecule has 4 rings (SSSR count). The average Bonchev–Trinajstić information content (AvgIpc) is 3.09. The monoisotopic (exact) mass is 395 g/mol. The van der Waals surface area contributed by atoms with E-state index in [1.54, 1.807) is 0 Å². The van der Waals surface area contributed by atoms with Crippen LogP contribution >= 0.6 is 0 Å². The van der Waals surface area contributed by atoms with Gasteiger partial charge in [0.05, 0.1) is 16.5 Å². The van der Waals surface area contributed by atoms with E-state index in [1.807, 2.05) is 6.07 Å². The molecular formula is C19H14FN5O4. The molecule has 1 atom stereocenters. The van der Waals surface area contributed by atoms with E-state index in [0.717, 1.165) is 6.07 Å². The number of nitriles is 1. The van der Waals surface area contributed by atoms with Crippen molar-refractivity contribution in [1.82, 2.24) is 19.9 Å². The van der Waals surface area contributed by atoms with E-state index in [-0.39, 0.29) is 23.1 Å². The van der Waals surface area contributed by atoms with Gasteiger partial charge in [-0.2, -0.15) is 5.26 Å². The molecule has 146 valence electrons. The molecule has 1 aromatic carbocycles. The van der Waals surface area contributed by atoms with Crippen LogP contribution in [0.2, 0.25) is 0 Å². The highest BCUT2D eigenvalue weighted by atomic mass is 19.1. The lowest BCUT2D eigenvalue weighted by Crippen LogP contribution is -2.42. The number of aromatic amines is 1. The minimum absolute atomic E-state index is 0.0117. The van der Waals surface area contributed by atoms with Crippen LogP contribution in [0.15, 0.2) is 34.0 Å². The molecule has 1 aliphatic heterocycles. The van der Waals surface area contributed by atoms with Gasteiger partial charge in [0.15, 0.2) is 0 Å².